The van der Waals surface area contributed by atoms with E-state index in [1.54, 1.807) is 48.3 Å². The van der Waals surface area contributed by atoms with Crippen molar-refractivity contribution < 1.29 is 14.6 Å². The molecule has 0 bridgehead atoms. The number of nitrogens with zero attached hydrogens (tertiary/aromatic N) is 8. The molecule has 1 aliphatic rings. The molecule has 0 saturated heterocycles. The first-order chi connectivity index (χ1) is 24.7. The molecule has 0 saturated carbocycles. The molecule has 0 spiro atoms. The van der Waals surface area contributed by atoms with Gasteiger partial charge in [-0.3, -0.25) is 9.97 Å². The van der Waals surface area contributed by atoms with Crippen LogP contribution in [0.5, 0.6) is 11.5 Å². The van der Waals surface area contributed by atoms with Crippen molar-refractivity contribution in [3.05, 3.63) is 109 Å². The largest absolute Gasteiger partial charge is 0.490 e. The number of aromatic nitrogens is 8. The van der Waals surface area contributed by atoms with E-state index in [2.05, 4.69) is 41.2 Å². The van der Waals surface area contributed by atoms with Crippen molar-refractivity contribution in [2.45, 2.75) is 42.3 Å². The molecule has 0 aliphatic carbocycles. The van der Waals surface area contributed by atoms with Gasteiger partial charge in [-0.05, 0) is 49.2 Å². The number of thioether (sulfide) groups is 2. The van der Waals surface area contributed by atoms with Gasteiger partial charge in [0.2, 0.25) is 10.3 Å². The molecule has 256 valence electrons. The molecule has 6 aromatic rings. The summed E-state index contributed by atoms with van der Waals surface area (Å²) in [5.41, 5.74) is 10.6. The number of rotatable bonds is 2. The number of aliphatic hydroxyl groups excluding tert-OH is 1. The lowest BCUT2D eigenvalue weighted by Crippen LogP contribution is -2.26. The fourth-order valence-corrected chi connectivity index (χ4v) is 7.06. The molecular weight excluding hydrogens is 673 g/mol. The van der Waals surface area contributed by atoms with Crippen molar-refractivity contribution in [2.75, 3.05) is 35.6 Å². The molecule has 15 heteroatoms. The highest BCUT2D eigenvalue weighted by Crippen LogP contribution is 2.27. The molecule has 5 heterocycles. The van der Waals surface area contributed by atoms with Crippen molar-refractivity contribution >= 4 is 23.5 Å². The Kier molecular flexibility index (Phi) is 11.0. The first-order valence-corrected chi connectivity index (χ1v) is 18.2. The fourth-order valence-electron chi connectivity index (χ4n) is 5.24. The Morgan fingerprint density at radius 1 is 0.620 bits per heavy atom. The van der Waals surface area contributed by atoms with Crippen LogP contribution in [0.3, 0.4) is 0 Å². The van der Waals surface area contributed by atoms with Crippen LogP contribution >= 0.6 is 23.5 Å². The lowest BCUT2D eigenvalue weighted by atomic mass is 10.2. The first-order valence-electron chi connectivity index (χ1n) is 16.3. The van der Waals surface area contributed by atoms with E-state index in [0.717, 1.165) is 56.9 Å². The molecule has 7 rings (SSSR count). The monoisotopic (exact) mass is 708 g/mol. The molecule has 0 atom stereocenters. The van der Waals surface area contributed by atoms with Crippen LogP contribution in [0.1, 0.15) is 24.0 Å². The summed E-state index contributed by atoms with van der Waals surface area (Å²) in [6.45, 7) is 1.00. The maximum atomic E-state index is 10.9. The standard InChI is InChI=1S/C35H36N10O3S2/c46-29-23-47-30-13-3-1-9-25(30)21-38-44-32(27-11-7-15-36-19-27)40-42-34(44)49-17-5-6-18-50-35-43-41-33(28-12-8-16-37-20-28)45(35)39-22-26-10-2-4-14-31(26)48-24-29/h1-4,7-16,19-20,29,38-39,46H,5-6,17-18,21-24H2. The number of aliphatic hydroxyl groups is 1. The summed E-state index contributed by atoms with van der Waals surface area (Å²) < 4.78 is 16.1. The number of ether oxygens (including phenoxy) is 2. The van der Waals surface area contributed by atoms with Gasteiger partial charge in [-0.2, -0.15) is 0 Å². The van der Waals surface area contributed by atoms with Crippen molar-refractivity contribution in [3.8, 4) is 34.3 Å². The van der Waals surface area contributed by atoms with Crippen LogP contribution in [0.25, 0.3) is 22.8 Å². The maximum absolute atomic E-state index is 10.9. The highest BCUT2D eigenvalue weighted by Gasteiger charge is 2.18. The normalized spacial score (nSPS) is 15.1. The number of fused-ring (bicyclic) bond motifs is 4. The zero-order chi connectivity index (χ0) is 34.0. The van der Waals surface area contributed by atoms with Crippen LogP contribution in [-0.2, 0) is 13.1 Å². The second-order valence-electron chi connectivity index (χ2n) is 11.3. The van der Waals surface area contributed by atoms with Gasteiger partial charge < -0.3 is 25.4 Å². The Morgan fingerprint density at radius 3 is 1.56 bits per heavy atom. The maximum Gasteiger partial charge on any atom is 0.210 e. The summed E-state index contributed by atoms with van der Waals surface area (Å²) in [6, 6.07) is 23.2. The van der Waals surface area contributed by atoms with Gasteiger partial charge in [0.05, 0.1) is 13.1 Å². The smallest absolute Gasteiger partial charge is 0.210 e. The summed E-state index contributed by atoms with van der Waals surface area (Å²) in [4.78, 5) is 8.57. The number of pyridine rings is 2. The molecular formula is C35H36N10O3S2. The Bertz CT molecular complexity index is 1840. The van der Waals surface area contributed by atoms with Gasteiger partial charge in [0.25, 0.3) is 0 Å². The van der Waals surface area contributed by atoms with E-state index < -0.39 is 6.10 Å². The van der Waals surface area contributed by atoms with Crippen LogP contribution in [0.2, 0.25) is 0 Å². The van der Waals surface area contributed by atoms with Gasteiger partial charge in [0.15, 0.2) is 11.6 Å². The molecule has 0 fully saturated rings. The minimum Gasteiger partial charge on any atom is -0.490 e. The van der Waals surface area contributed by atoms with E-state index in [9.17, 15) is 5.11 Å². The summed E-state index contributed by atoms with van der Waals surface area (Å²) in [5.74, 6) is 4.38. The zero-order valence-electron chi connectivity index (χ0n) is 27.1. The van der Waals surface area contributed by atoms with Crippen molar-refractivity contribution in [1.29, 1.82) is 0 Å². The Morgan fingerprint density at radius 2 is 1.10 bits per heavy atom. The third kappa shape index (κ3) is 8.18. The number of nitrogens with one attached hydrogen (secondary N) is 2. The predicted octanol–water partition coefficient (Wildman–Crippen LogP) is 5.28. The first kappa shape index (κ1) is 33.4. The van der Waals surface area contributed by atoms with E-state index >= 15 is 0 Å². The number of hydrogen-bond donors (Lipinski definition) is 3. The summed E-state index contributed by atoms with van der Waals surface area (Å²) in [5, 5.41) is 30.5. The molecule has 0 amide bonds. The van der Waals surface area contributed by atoms with E-state index in [-0.39, 0.29) is 13.2 Å². The topological polar surface area (TPSA) is 150 Å². The molecule has 13 nitrogen and oxygen atoms in total. The Labute approximate surface area is 297 Å². The van der Waals surface area contributed by atoms with Crippen molar-refractivity contribution in [3.63, 3.8) is 0 Å². The lowest BCUT2D eigenvalue weighted by Gasteiger charge is -2.18. The van der Waals surface area contributed by atoms with Crippen molar-refractivity contribution in [1.82, 2.24) is 39.7 Å². The fraction of sp³-hybridized carbons (Fsp3) is 0.257. The van der Waals surface area contributed by atoms with Crippen LogP contribution in [0.15, 0.2) is 108 Å². The van der Waals surface area contributed by atoms with Gasteiger partial charge in [0.1, 0.15) is 30.8 Å². The summed E-state index contributed by atoms with van der Waals surface area (Å²) in [6.07, 6.45) is 8.09. The minimum atomic E-state index is -0.866. The van der Waals surface area contributed by atoms with Gasteiger partial charge in [-0.25, -0.2) is 9.35 Å². The summed E-state index contributed by atoms with van der Waals surface area (Å²) >= 11 is 3.30. The van der Waals surface area contributed by atoms with Crippen LogP contribution < -0.4 is 20.3 Å². The molecule has 3 N–H and O–H groups in total. The third-order valence-corrected chi connectivity index (χ3v) is 9.80. The van der Waals surface area contributed by atoms with E-state index in [1.165, 1.54) is 0 Å². The minimum absolute atomic E-state index is 0.0574. The zero-order valence-corrected chi connectivity index (χ0v) is 28.8. The second-order valence-corrected chi connectivity index (χ2v) is 13.5. The van der Waals surface area contributed by atoms with Gasteiger partial charge in [-0.15, -0.1) is 20.4 Å². The SMILES string of the molecule is OC1COc2ccccc2CNn2c(nnc2-c2cccnc2)SCCCCSc2nnc(-c3cccnc3)n2NCc2ccccc2OC1. The Balaban J connectivity index is 1.14. The van der Waals surface area contributed by atoms with Crippen molar-refractivity contribution in [2.24, 2.45) is 0 Å². The highest BCUT2D eigenvalue weighted by molar-refractivity contribution is 7.99. The molecule has 50 heavy (non-hydrogen) atoms. The van der Waals surface area contributed by atoms with Gasteiger partial charge in [0, 0.05) is 58.5 Å². The number of hydrogen-bond acceptors (Lipinski definition) is 13. The third-order valence-electron chi connectivity index (χ3n) is 7.77. The number of benzene rings is 2. The molecule has 0 radical (unpaired) electrons. The summed E-state index contributed by atoms with van der Waals surface area (Å²) in [7, 11) is 0. The molecule has 1 aliphatic heterocycles. The van der Waals surface area contributed by atoms with Crippen LogP contribution in [0.4, 0.5) is 0 Å². The average molecular weight is 709 g/mol. The van der Waals surface area contributed by atoms with E-state index in [4.69, 9.17) is 9.47 Å². The van der Waals surface area contributed by atoms with E-state index in [1.807, 2.05) is 82.1 Å². The van der Waals surface area contributed by atoms with Crippen LogP contribution in [0, 0.1) is 0 Å². The van der Waals surface area contributed by atoms with E-state index in [0.29, 0.717) is 36.2 Å². The quantitative estimate of drug-likeness (QED) is 0.214. The molecule has 4 aromatic heterocycles. The number of para-hydroxylation sites is 2. The highest BCUT2D eigenvalue weighted by atomic mass is 32.2. The Hall–Kier alpha value is -5.12. The second kappa shape index (κ2) is 16.5. The van der Waals surface area contributed by atoms with Crippen LogP contribution in [-0.4, -0.2) is 75.6 Å². The van der Waals surface area contributed by atoms with Gasteiger partial charge in [-0.1, -0.05) is 59.9 Å². The predicted molar refractivity (Wildman–Crippen MR) is 193 cm³/mol. The van der Waals surface area contributed by atoms with Gasteiger partial charge >= 0.3 is 0 Å². The molecule has 2 aromatic carbocycles. The molecule has 0 unspecified atom stereocenters. The lowest BCUT2D eigenvalue weighted by molar-refractivity contribution is 0.0620. The average Bonchev–Trinajstić information content (AvgIpc) is 3.77.